The molecule has 7 heteroatoms. The predicted molar refractivity (Wildman–Crippen MR) is 62.7 cm³/mol. The first-order valence-electron chi connectivity index (χ1n) is 6.15. The van der Waals surface area contributed by atoms with Gasteiger partial charge in [-0.3, -0.25) is 0 Å². The van der Waals surface area contributed by atoms with E-state index in [1.54, 1.807) is 0 Å². The van der Waals surface area contributed by atoms with Gasteiger partial charge in [-0.2, -0.15) is 18.3 Å². The standard InChI is InChI=1S/C12H13F3N4/c13-12(14,15)9-1-2-11-17-10(18-19(11)7-9)5-8-3-4-16-6-8/h1-2,7-8,16H,3-6H2. The minimum Gasteiger partial charge on any atom is -0.316 e. The van der Waals surface area contributed by atoms with Gasteiger partial charge in [-0.15, -0.1) is 0 Å². The zero-order chi connectivity index (χ0) is 13.5. The Labute approximate surface area is 107 Å². The zero-order valence-corrected chi connectivity index (χ0v) is 10.1. The summed E-state index contributed by atoms with van der Waals surface area (Å²) in [5.74, 6) is 1.08. The second kappa shape index (κ2) is 4.48. The highest BCUT2D eigenvalue weighted by Crippen LogP contribution is 2.29. The van der Waals surface area contributed by atoms with Gasteiger partial charge in [-0.25, -0.2) is 9.50 Å². The highest BCUT2D eigenvalue weighted by molar-refractivity contribution is 5.39. The Morgan fingerprint density at radius 1 is 1.37 bits per heavy atom. The molecule has 1 aliphatic rings. The summed E-state index contributed by atoms with van der Waals surface area (Å²) in [5, 5.41) is 7.37. The fourth-order valence-electron chi connectivity index (χ4n) is 2.33. The molecule has 2 aromatic rings. The summed E-state index contributed by atoms with van der Waals surface area (Å²) in [6.07, 6.45) is -1.60. The van der Waals surface area contributed by atoms with Crippen molar-refractivity contribution in [3.05, 3.63) is 29.7 Å². The highest BCUT2D eigenvalue weighted by Gasteiger charge is 2.31. The maximum absolute atomic E-state index is 12.6. The van der Waals surface area contributed by atoms with E-state index < -0.39 is 11.7 Å². The third-order valence-corrected chi connectivity index (χ3v) is 3.34. The summed E-state index contributed by atoms with van der Waals surface area (Å²) in [5.41, 5.74) is -0.257. The van der Waals surface area contributed by atoms with Gasteiger partial charge in [0.05, 0.1) is 5.56 Å². The number of fused-ring (bicyclic) bond motifs is 1. The van der Waals surface area contributed by atoms with Crippen molar-refractivity contribution >= 4 is 5.65 Å². The molecular weight excluding hydrogens is 257 g/mol. The number of rotatable bonds is 2. The second-order valence-corrected chi connectivity index (χ2v) is 4.81. The Balaban J connectivity index is 1.87. The molecule has 2 aromatic heterocycles. The lowest BCUT2D eigenvalue weighted by Gasteiger charge is -2.05. The SMILES string of the molecule is FC(F)(F)c1ccc2nc(CC3CCNC3)nn2c1. The lowest BCUT2D eigenvalue weighted by atomic mass is 10.1. The van der Waals surface area contributed by atoms with Gasteiger partial charge < -0.3 is 5.32 Å². The first-order chi connectivity index (χ1) is 9.02. The van der Waals surface area contributed by atoms with Crippen molar-refractivity contribution in [2.75, 3.05) is 13.1 Å². The molecule has 1 saturated heterocycles. The molecule has 0 saturated carbocycles. The molecule has 1 fully saturated rings. The van der Waals surface area contributed by atoms with Crippen LogP contribution in [0.15, 0.2) is 18.3 Å². The number of nitrogens with one attached hydrogen (secondary N) is 1. The molecule has 0 amide bonds. The van der Waals surface area contributed by atoms with E-state index in [9.17, 15) is 13.2 Å². The quantitative estimate of drug-likeness (QED) is 0.906. The zero-order valence-electron chi connectivity index (χ0n) is 10.1. The van der Waals surface area contributed by atoms with Crippen molar-refractivity contribution in [2.45, 2.75) is 19.0 Å². The summed E-state index contributed by atoms with van der Waals surface area (Å²) in [6, 6.07) is 2.39. The maximum atomic E-state index is 12.6. The van der Waals surface area contributed by atoms with Gasteiger partial charge in [-0.1, -0.05) is 0 Å². The molecule has 0 aliphatic carbocycles. The fourth-order valence-corrected chi connectivity index (χ4v) is 2.33. The van der Waals surface area contributed by atoms with Crippen molar-refractivity contribution in [1.82, 2.24) is 19.9 Å². The number of nitrogens with zero attached hydrogens (tertiary/aromatic N) is 3. The lowest BCUT2D eigenvalue weighted by molar-refractivity contribution is -0.137. The Bertz CT molecular complexity index is 584. The number of hydrogen-bond acceptors (Lipinski definition) is 3. The van der Waals surface area contributed by atoms with E-state index in [0.717, 1.165) is 31.8 Å². The van der Waals surface area contributed by atoms with E-state index in [-0.39, 0.29) is 0 Å². The van der Waals surface area contributed by atoms with E-state index in [0.29, 0.717) is 23.8 Å². The van der Waals surface area contributed by atoms with Gasteiger partial charge in [0.1, 0.15) is 0 Å². The van der Waals surface area contributed by atoms with Crippen LogP contribution in [0.5, 0.6) is 0 Å². The van der Waals surface area contributed by atoms with Gasteiger partial charge in [0.15, 0.2) is 11.5 Å². The average Bonchev–Trinajstić information content (AvgIpc) is 2.95. The highest BCUT2D eigenvalue weighted by atomic mass is 19.4. The normalized spacial score (nSPS) is 20.3. The fraction of sp³-hybridized carbons (Fsp3) is 0.500. The number of aromatic nitrogens is 3. The summed E-state index contributed by atoms with van der Waals surface area (Å²) in [4.78, 5) is 4.26. The molecule has 1 N–H and O–H groups in total. The van der Waals surface area contributed by atoms with Crippen LogP contribution >= 0.6 is 0 Å². The van der Waals surface area contributed by atoms with Crippen LogP contribution < -0.4 is 5.32 Å². The summed E-state index contributed by atoms with van der Waals surface area (Å²) in [7, 11) is 0. The lowest BCUT2D eigenvalue weighted by Crippen LogP contribution is -2.11. The molecule has 102 valence electrons. The molecule has 1 aliphatic heterocycles. The summed E-state index contributed by atoms with van der Waals surface area (Å²) >= 11 is 0. The van der Waals surface area contributed by atoms with Gasteiger partial charge in [0.25, 0.3) is 0 Å². The van der Waals surface area contributed by atoms with E-state index >= 15 is 0 Å². The van der Waals surface area contributed by atoms with Gasteiger partial charge >= 0.3 is 6.18 Å². The van der Waals surface area contributed by atoms with Crippen molar-refractivity contribution in [3.63, 3.8) is 0 Å². The van der Waals surface area contributed by atoms with Gasteiger partial charge in [0.2, 0.25) is 0 Å². The third-order valence-electron chi connectivity index (χ3n) is 3.34. The molecular formula is C12H13F3N4. The van der Waals surface area contributed by atoms with Crippen LogP contribution in [0.25, 0.3) is 5.65 Å². The molecule has 1 unspecified atom stereocenters. The van der Waals surface area contributed by atoms with Gasteiger partial charge in [-0.05, 0) is 37.6 Å². The predicted octanol–water partition coefficient (Wildman–Crippen LogP) is 1.90. The molecule has 1 atom stereocenters. The minimum atomic E-state index is -4.35. The van der Waals surface area contributed by atoms with Crippen LogP contribution in [0.4, 0.5) is 13.2 Å². The van der Waals surface area contributed by atoms with Crippen LogP contribution in [-0.2, 0) is 12.6 Å². The number of hydrogen-bond donors (Lipinski definition) is 1. The third kappa shape index (κ3) is 2.56. The first kappa shape index (κ1) is 12.4. The molecule has 0 spiro atoms. The van der Waals surface area contributed by atoms with Crippen molar-refractivity contribution in [2.24, 2.45) is 5.92 Å². The van der Waals surface area contributed by atoms with Crippen molar-refractivity contribution in [3.8, 4) is 0 Å². The van der Waals surface area contributed by atoms with Crippen LogP contribution in [0, 0.1) is 5.92 Å². The largest absolute Gasteiger partial charge is 0.417 e. The number of pyridine rings is 1. The van der Waals surface area contributed by atoms with E-state index in [1.807, 2.05) is 0 Å². The molecule has 4 nitrogen and oxygen atoms in total. The average molecular weight is 270 g/mol. The van der Waals surface area contributed by atoms with Crippen LogP contribution in [0.2, 0.25) is 0 Å². The molecule has 0 bridgehead atoms. The van der Waals surface area contributed by atoms with E-state index in [1.165, 1.54) is 10.6 Å². The Hall–Kier alpha value is -1.63. The van der Waals surface area contributed by atoms with Crippen molar-refractivity contribution < 1.29 is 13.2 Å². The second-order valence-electron chi connectivity index (χ2n) is 4.81. The van der Waals surface area contributed by atoms with E-state index in [4.69, 9.17) is 0 Å². The van der Waals surface area contributed by atoms with Crippen LogP contribution in [0.1, 0.15) is 17.8 Å². The topological polar surface area (TPSA) is 42.2 Å². The Morgan fingerprint density at radius 2 is 2.21 bits per heavy atom. The Morgan fingerprint density at radius 3 is 2.89 bits per heavy atom. The molecule has 0 radical (unpaired) electrons. The monoisotopic (exact) mass is 270 g/mol. The number of halogens is 3. The smallest absolute Gasteiger partial charge is 0.316 e. The molecule has 3 heterocycles. The molecule has 19 heavy (non-hydrogen) atoms. The maximum Gasteiger partial charge on any atom is 0.417 e. The molecule has 0 aromatic carbocycles. The minimum absolute atomic E-state index is 0.453. The first-order valence-corrected chi connectivity index (χ1v) is 6.15. The summed E-state index contributed by atoms with van der Waals surface area (Å²) < 4.78 is 38.9. The molecule has 3 rings (SSSR count). The van der Waals surface area contributed by atoms with Crippen molar-refractivity contribution in [1.29, 1.82) is 0 Å². The summed E-state index contributed by atoms with van der Waals surface area (Å²) in [6.45, 7) is 1.90. The van der Waals surface area contributed by atoms with Crippen LogP contribution in [0.3, 0.4) is 0 Å². The van der Waals surface area contributed by atoms with Crippen LogP contribution in [-0.4, -0.2) is 27.7 Å². The number of alkyl halides is 3. The Kier molecular flexibility index (Phi) is 2.93. The van der Waals surface area contributed by atoms with Gasteiger partial charge in [0, 0.05) is 12.6 Å². The van der Waals surface area contributed by atoms with E-state index in [2.05, 4.69) is 15.4 Å².